The summed E-state index contributed by atoms with van der Waals surface area (Å²) in [4.78, 5) is 12.0. The Labute approximate surface area is 151 Å². The molecule has 0 amide bonds. The topological polar surface area (TPSA) is 51.4 Å². The summed E-state index contributed by atoms with van der Waals surface area (Å²) in [6.45, 7) is 10.6. The molecule has 5 atom stereocenters. The molecule has 0 spiro atoms. The first-order valence-corrected chi connectivity index (χ1v) is 9.56. The van der Waals surface area contributed by atoms with Crippen molar-refractivity contribution in [2.24, 2.45) is 5.92 Å². The van der Waals surface area contributed by atoms with Crippen molar-refractivity contribution in [1.82, 2.24) is 0 Å². The van der Waals surface area contributed by atoms with Crippen molar-refractivity contribution in [3.05, 3.63) is 23.8 Å². The molecule has 0 bridgehead atoms. The summed E-state index contributed by atoms with van der Waals surface area (Å²) in [6.07, 6.45) is 9.84. The number of epoxide rings is 2. The maximum atomic E-state index is 12.0. The van der Waals surface area contributed by atoms with Crippen molar-refractivity contribution in [2.45, 2.75) is 89.1 Å². The summed E-state index contributed by atoms with van der Waals surface area (Å²) in [7, 11) is 1.42. The van der Waals surface area contributed by atoms with Gasteiger partial charge in [-0.25, -0.2) is 4.79 Å². The molecule has 3 rings (SSSR count). The first-order chi connectivity index (χ1) is 11.8. The van der Waals surface area contributed by atoms with E-state index in [1.807, 2.05) is 0 Å². The monoisotopic (exact) mass is 348 g/mol. The lowest BCUT2D eigenvalue weighted by Crippen LogP contribution is -2.21. The summed E-state index contributed by atoms with van der Waals surface area (Å²) in [5, 5.41) is 0. The average molecular weight is 348 g/mol. The zero-order valence-corrected chi connectivity index (χ0v) is 16.1. The predicted molar refractivity (Wildman–Crippen MR) is 97.3 cm³/mol. The van der Waals surface area contributed by atoms with E-state index in [2.05, 4.69) is 33.4 Å². The fourth-order valence-corrected chi connectivity index (χ4v) is 4.20. The van der Waals surface area contributed by atoms with E-state index in [0.717, 1.165) is 44.9 Å². The molecule has 0 aromatic heterocycles. The molecule has 3 aliphatic rings. The Bertz CT molecular complexity index is 580. The van der Waals surface area contributed by atoms with Crippen molar-refractivity contribution in [3.8, 4) is 0 Å². The van der Waals surface area contributed by atoms with Gasteiger partial charge in [0.05, 0.1) is 30.5 Å². The second-order valence-corrected chi connectivity index (χ2v) is 8.45. The Morgan fingerprint density at radius 1 is 1.20 bits per heavy atom. The molecule has 1 aliphatic carbocycles. The number of ether oxygens (including phenoxy) is 3. The van der Waals surface area contributed by atoms with Crippen molar-refractivity contribution in [1.29, 1.82) is 0 Å². The zero-order chi connectivity index (χ0) is 18.2. The minimum absolute atomic E-state index is 0.0489. The molecule has 0 aromatic rings. The SMILES string of the molecule is C=C(C(=O)OC)[C@H]1CC[C@@]2(C)O[C@@H]2CC/C(C)=C\CC[C@@]2(C)O[C@H]2C1. The molecular formula is C21H32O4. The van der Waals surface area contributed by atoms with Crippen LogP contribution >= 0.6 is 0 Å². The normalized spacial score (nSPS) is 43.5. The quantitative estimate of drug-likeness (QED) is 0.322. The lowest BCUT2D eigenvalue weighted by molar-refractivity contribution is -0.136. The molecule has 0 radical (unpaired) electrons. The summed E-state index contributed by atoms with van der Waals surface area (Å²) in [5.41, 5.74) is 1.92. The summed E-state index contributed by atoms with van der Waals surface area (Å²) in [6, 6.07) is 0. The Hall–Kier alpha value is -1.13. The Morgan fingerprint density at radius 2 is 1.88 bits per heavy atom. The van der Waals surface area contributed by atoms with Gasteiger partial charge in [0.2, 0.25) is 0 Å². The van der Waals surface area contributed by atoms with Crippen LogP contribution in [0.4, 0.5) is 0 Å². The number of hydrogen-bond acceptors (Lipinski definition) is 4. The maximum Gasteiger partial charge on any atom is 0.333 e. The molecule has 140 valence electrons. The van der Waals surface area contributed by atoms with Gasteiger partial charge in [-0.15, -0.1) is 0 Å². The molecule has 2 saturated heterocycles. The lowest BCUT2D eigenvalue weighted by atomic mass is 9.83. The molecule has 0 aromatic carbocycles. The number of rotatable bonds is 2. The Morgan fingerprint density at radius 3 is 2.60 bits per heavy atom. The largest absolute Gasteiger partial charge is 0.466 e. The highest BCUT2D eigenvalue weighted by Gasteiger charge is 2.54. The maximum absolute atomic E-state index is 12.0. The first kappa shape index (κ1) is 18.7. The number of fused-ring (bicyclic) bond motifs is 2. The zero-order valence-electron chi connectivity index (χ0n) is 16.1. The number of carbonyl (C=O) groups excluding carboxylic acids is 1. The summed E-state index contributed by atoms with van der Waals surface area (Å²) >= 11 is 0. The third-order valence-electron chi connectivity index (χ3n) is 6.43. The minimum atomic E-state index is -0.301. The first-order valence-electron chi connectivity index (χ1n) is 9.56. The van der Waals surface area contributed by atoms with Gasteiger partial charge < -0.3 is 14.2 Å². The van der Waals surface area contributed by atoms with Crippen molar-refractivity contribution in [3.63, 3.8) is 0 Å². The van der Waals surface area contributed by atoms with Crippen LogP contribution in [0.2, 0.25) is 0 Å². The van der Waals surface area contributed by atoms with Gasteiger partial charge in [-0.05, 0) is 71.6 Å². The van der Waals surface area contributed by atoms with E-state index in [1.54, 1.807) is 0 Å². The Balaban J connectivity index is 1.72. The van der Waals surface area contributed by atoms with Crippen LogP contribution in [0.15, 0.2) is 23.8 Å². The summed E-state index contributed by atoms with van der Waals surface area (Å²) < 4.78 is 16.9. The van der Waals surface area contributed by atoms with E-state index in [4.69, 9.17) is 14.2 Å². The van der Waals surface area contributed by atoms with Gasteiger partial charge in [-0.1, -0.05) is 18.2 Å². The van der Waals surface area contributed by atoms with Crippen LogP contribution in [0.3, 0.4) is 0 Å². The van der Waals surface area contributed by atoms with Gasteiger partial charge in [-0.2, -0.15) is 0 Å². The standard InChI is InChI=1S/C21H32O4/c1-14-7-6-11-20(3)18(25-20)13-16(15(2)19(22)23-5)10-12-21(4)17(24-21)9-8-14/h7,16-18H,2,6,8-13H2,1,3-5H3/b14-7-/t16-,17+,18-,20+,21+/m0/s1. The number of methoxy groups -OCH3 is 1. The fraction of sp³-hybridized carbons (Fsp3) is 0.762. The fourth-order valence-electron chi connectivity index (χ4n) is 4.20. The van der Waals surface area contributed by atoms with Crippen LogP contribution in [0.25, 0.3) is 0 Å². The van der Waals surface area contributed by atoms with Gasteiger partial charge in [0.15, 0.2) is 0 Å². The van der Waals surface area contributed by atoms with Gasteiger partial charge >= 0.3 is 5.97 Å². The third kappa shape index (κ3) is 4.17. The van der Waals surface area contributed by atoms with Gasteiger partial charge in [0, 0.05) is 5.57 Å². The van der Waals surface area contributed by atoms with Crippen LogP contribution < -0.4 is 0 Å². The highest BCUT2D eigenvalue weighted by molar-refractivity contribution is 5.88. The second kappa shape index (κ2) is 6.88. The predicted octanol–water partition coefficient (Wildman–Crippen LogP) is 4.34. The van der Waals surface area contributed by atoms with Crippen molar-refractivity contribution >= 4 is 5.97 Å². The molecule has 4 heteroatoms. The lowest BCUT2D eigenvalue weighted by Gasteiger charge is -2.19. The molecule has 0 unspecified atom stereocenters. The number of carbonyl (C=O) groups is 1. The molecule has 2 heterocycles. The molecule has 2 aliphatic heterocycles. The average Bonchev–Trinajstić information content (AvgIpc) is 3.43. The van der Waals surface area contributed by atoms with E-state index in [-0.39, 0.29) is 29.2 Å². The Kier molecular flexibility index (Phi) is 5.13. The van der Waals surface area contributed by atoms with E-state index in [0.29, 0.717) is 11.7 Å². The van der Waals surface area contributed by atoms with Gasteiger partial charge in [-0.3, -0.25) is 0 Å². The van der Waals surface area contributed by atoms with Crippen molar-refractivity contribution < 1.29 is 19.0 Å². The number of hydrogen-bond donors (Lipinski definition) is 0. The van der Waals surface area contributed by atoms with Crippen LogP contribution in [0.5, 0.6) is 0 Å². The second-order valence-electron chi connectivity index (χ2n) is 8.45. The molecule has 0 N–H and O–H groups in total. The van der Waals surface area contributed by atoms with Crippen LogP contribution in [0.1, 0.15) is 65.7 Å². The molecule has 25 heavy (non-hydrogen) atoms. The summed E-state index contributed by atoms with van der Waals surface area (Å²) in [5.74, 6) is -0.202. The van der Waals surface area contributed by atoms with E-state index < -0.39 is 0 Å². The minimum Gasteiger partial charge on any atom is -0.466 e. The molecule has 0 saturated carbocycles. The molecule has 4 nitrogen and oxygen atoms in total. The van der Waals surface area contributed by atoms with Crippen molar-refractivity contribution in [2.75, 3.05) is 7.11 Å². The molecule has 2 fully saturated rings. The van der Waals surface area contributed by atoms with Crippen LogP contribution in [-0.4, -0.2) is 36.5 Å². The number of esters is 1. The van der Waals surface area contributed by atoms with E-state index >= 15 is 0 Å². The number of allylic oxidation sites excluding steroid dienone is 2. The smallest absolute Gasteiger partial charge is 0.333 e. The van der Waals surface area contributed by atoms with Crippen LogP contribution in [-0.2, 0) is 19.0 Å². The van der Waals surface area contributed by atoms with Crippen LogP contribution in [0, 0.1) is 5.92 Å². The molecular weight excluding hydrogens is 316 g/mol. The van der Waals surface area contributed by atoms with Gasteiger partial charge in [0.25, 0.3) is 0 Å². The van der Waals surface area contributed by atoms with Gasteiger partial charge in [0.1, 0.15) is 0 Å². The third-order valence-corrected chi connectivity index (χ3v) is 6.43. The van der Waals surface area contributed by atoms with E-state index in [9.17, 15) is 4.79 Å². The van der Waals surface area contributed by atoms with E-state index in [1.165, 1.54) is 12.7 Å². The highest BCUT2D eigenvalue weighted by Crippen LogP contribution is 2.48. The highest BCUT2D eigenvalue weighted by atomic mass is 16.6.